The zero-order chi connectivity index (χ0) is 46.5. The summed E-state index contributed by atoms with van der Waals surface area (Å²) in [6.45, 7) is 11.2. The Labute approximate surface area is 394 Å². The third-order valence-electron chi connectivity index (χ3n) is 14.1. The molecule has 0 aromatic heterocycles. The minimum Gasteiger partial charge on any atom is -0.382 e. The lowest BCUT2D eigenvalue weighted by molar-refractivity contribution is -0.121. The molecule has 0 saturated heterocycles. The van der Waals surface area contributed by atoms with Gasteiger partial charge in [0.25, 0.3) is 0 Å². The Morgan fingerprint density at radius 3 is 1.79 bits per heavy atom. The molecule has 0 radical (unpaired) electrons. The van der Waals surface area contributed by atoms with E-state index in [0.717, 1.165) is 51.4 Å². The fourth-order valence-electron chi connectivity index (χ4n) is 10.4. The fraction of sp³-hybridized carbons (Fsp3) is 0.448. The van der Waals surface area contributed by atoms with Crippen molar-refractivity contribution in [3.8, 4) is 44.5 Å². The van der Waals surface area contributed by atoms with Gasteiger partial charge in [-0.05, 0) is 149 Å². The first-order valence-corrected chi connectivity index (χ1v) is 24.4. The second kappa shape index (κ2) is 23.2. The van der Waals surface area contributed by atoms with Gasteiger partial charge in [0.1, 0.15) is 5.78 Å². The predicted molar refractivity (Wildman–Crippen MR) is 268 cm³/mol. The molecule has 0 fully saturated rings. The Morgan fingerprint density at radius 2 is 1.15 bits per heavy atom. The van der Waals surface area contributed by atoms with E-state index in [9.17, 15) is 9.59 Å². The molecule has 8 heteroatoms. The number of fused-ring (bicyclic) bond motifs is 6. The number of carbonyl (C=O) groups excluding carboxylic acids is 2. The summed E-state index contributed by atoms with van der Waals surface area (Å²) < 4.78 is 23.2. The van der Waals surface area contributed by atoms with Crippen molar-refractivity contribution in [2.24, 2.45) is 5.73 Å². The van der Waals surface area contributed by atoms with Gasteiger partial charge in [-0.25, -0.2) is 0 Å². The van der Waals surface area contributed by atoms with E-state index in [2.05, 4.69) is 116 Å². The van der Waals surface area contributed by atoms with Gasteiger partial charge in [0.05, 0.1) is 33.0 Å². The van der Waals surface area contributed by atoms with Crippen LogP contribution in [0.2, 0.25) is 0 Å². The van der Waals surface area contributed by atoms with Crippen LogP contribution in [0.25, 0.3) is 44.5 Å². The maximum atomic E-state index is 12.2. The summed E-state index contributed by atoms with van der Waals surface area (Å²) >= 11 is 0. The number of rotatable bonds is 27. The summed E-state index contributed by atoms with van der Waals surface area (Å²) in [6.07, 6.45) is 8.82. The van der Waals surface area contributed by atoms with Crippen molar-refractivity contribution in [2.75, 3.05) is 67.0 Å². The summed E-state index contributed by atoms with van der Waals surface area (Å²) in [5, 5.41) is 3.09. The minimum atomic E-state index is -0.349. The lowest BCUT2D eigenvalue weighted by Crippen LogP contribution is -2.32. The molecule has 0 spiro atoms. The molecule has 5 aromatic carbocycles. The van der Waals surface area contributed by atoms with Crippen LogP contribution in [-0.2, 0) is 45.8 Å². The monoisotopic (exact) mass is 893 g/mol. The van der Waals surface area contributed by atoms with Gasteiger partial charge in [-0.2, -0.15) is 0 Å². The third kappa shape index (κ3) is 11.1. The quantitative estimate of drug-likeness (QED) is 0.0505. The van der Waals surface area contributed by atoms with E-state index < -0.39 is 0 Å². The zero-order valence-corrected chi connectivity index (χ0v) is 40.2. The largest absolute Gasteiger partial charge is 0.382 e. The number of nitrogens with two attached hydrogens (primary N) is 1. The number of unbranched alkanes of at least 4 members (excludes halogenated alkanes) is 1. The normalized spacial score (nSPS) is 16.8. The highest BCUT2D eigenvalue weighted by Crippen LogP contribution is 2.55. The van der Waals surface area contributed by atoms with Gasteiger partial charge < -0.3 is 30.0 Å². The van der Waals surface area contributed by atoms with E-state index in [1.54, 1.807) is 14.2 Å². The van der Waals surface area contributed by atoms with Gasteiger partial charge in [0.15, 0.2) is 0 Å². The molecule has 5 aromatic rings. The number of aryl methyl sites for hydroxylation is 2. The van der Waals surface area contributed by atoms with Crippen LogP contribution in [0, 0.1) is 6.92 Å². The number of nitrogens with one attached hydrogen (secondary N) is 1. The van der Waals surface area contributed by atoms with Crippen molar-refractivity contribution >= 4 is 11.7 Å². The topological polar surface area (TPSA) is 109 Å². The van der Waals surface area contributed by atoms with Crippen LogP contribution in [0.3, 0.4) is 0 Å². The van der Waals surface area contributed by atoms with Gasteiger partial charge in [-0.3, -0.25) is 9.59 Å². The number of hydrogen-bond acceptors (Lipinski definition) is 7. The zero-order valence-electron chi connectivity index (χ0n) is 40.2. The Balaban J connectivity index is 1.21. The molecule has 350 valence electrons. The Morgan fingerprint density at radius 1 is 0.591 bits per heavy atom. The van der Waals surface area contributed by atoms with Crippen molar-refractivity contribution in [3.05, 3.63) is 130 Å². The molecule has 2 aliphatic carbocycles. The van der Waals surface area contributed by atoms with E-state index in [0.29, 0.717) is 77.8 Å². The summed E-state index contributed by atoms with van der Waals surface area (Å²) in [5.41, 5.74) is 22.7. The average Bonchev–Trinajstić information content (AvgIpc) is 3.74. The number of ether oxygens (including phenoxy) is 4. The first kappa shape index (κ1) is 49.0. The number of Topliss-reactive ketones (excluding diaryl/α,β-unsaturated/α-hetero) is 1. The molecule has 0 heterocycles. The first-order valence-electron chi connectivity index (χ1n) is 24.4. The molecule has 66 heavy (non-hydrogen) atoms. The molecule has 0 saturated carbocycles. The maximum Gasteiger partial charge on any atom is 0.219 e. The minimum absolute atomic E-state index is 0.0996. The van der Waals surface area contributed by atoms with Crippen molar-refractivity contribution in [3.63, 3.8) is 0 Å². The van der Waals surface area contributed by atoms with E-state index in [1.165, 1.54) is 77.9 Å². The first-order chi connectivity index (χ1) is 32.1. The average molecular weight is 893 g/mol. The Bertz CT molecular complexity index is 2430. The van der Waals surface area contributed by atoms with Crippen LogP contribution in [0.5, 0.6) is 0 Å². The standard InChI is InChI=1S/C58H72N2O6/c1-6-56(62)60-30-8-7-27-57(3)52-37-44(43-18-16-42(17-19-43)12-9-13-47(61)14-10-29-59)20-24-48(52)49-25-21-45(38-53(49)57)46-22-26-51-50-23-15-41(2)36-54(50)58(55(51)39-46,40-66-35-33-64-5)28-11-31-65-34-32-63-4/h15-26,36-39H,6-14,27-35,40,59H2,1-5H3,(H,60,62). The van der Waals surface area contributed by atoms with Crippen molar-refractivity contribution in [1.82, 2.24) is 5.32 Å². The van der Waals surface area contributed by atoms with E-state index in [4.69, 9.17) is 24.7 Å². The third-order valence-corrected chi connectivity index (χ3v) is 14.1. The molecule has 0 aliphatic heterocycles. The second-order valence-electron chi connectivity index (χ2n) is 18.6. The van der Waals surface area contributed by atoms with Gasteiger partial charge in [0.2, 0.25) is 5.91 Å². The molecule has 8 nitrogen and oxygen atoms in total. The molecular weight excluding hydrogens is 821 g/mol. The van der Waals surface area contributed by atoms with E-state index in [1.807, 2.05) is 6.92 Å². The summed E-state index contributed by atoms with van der Waals surface area (Å²) in [7, 11) is 3.43. The van der Waals surface area contributed by atoms with Crippen LogP contribution in [0.4, 0.5) is 0 Å². The lowest BCUT2D eigenvalue weighted by atomic mass is 9.74. The summed E-state index contributed by atoms with van der Waals surface area (Å²) in [4.78, 5) is 24.3. The summed E-state index contributed by atoms with van der Waals surface area (Å²) in [5.74, 6) is 0.404. The van der Waals surface area contributed by atoms with Crippen LogP contribution < -0.4 is 11.1 Å². The highest BCUT2D eigenvalue weighted by atomic mass is 16.5. The molecule has 0 bridgehead atoms. The Kier molecular flexibility index (Phi) is 17.2. The van der Waals surface area contributed by atoms with E-state index in [-0.39, 0.29) is 16.7 Å². The fourth-order valence-corrected chi connectivity index (χ4v) is 10.4. The SMILES string of the molecule is CCC(=O)NCCCCC1(C)c2cc(-c3ccc(CCCC(=O)CCCN)cc3)ccc2-c2ccc(-c3ccc4c(c3)C(CCCOCCOC)(COCCOC)c3cc(C)ccc3-4)cc21. The van der Waals surface area contributed by atoms with Crippen LogP contribution in [0.15, 0.2) is 97.1 Å². The maximum absolute atomic E-state index is 12.2. The second-order valence-corrected chi connectivity index (χ2v) is 18.6. The van der Waals surface area contributed by atoms with Crippen molar-refractivity contribution in [2.45, 2.75) is 102 Å². The number of amides is 1. The molecule has 7 rings (SSSR count). The number of benzene rings is 5. The number of hydrogen-bond donors (Lipinski definition) is 2. The molecule has 2 aliphatic rings. The van der Waals surface area contributed by atoms with Crippen LogP contribution in [0.1, 0.15) is 111 Å². The van der Waals surface area contributed by atoms with Gasteiger partial charge in [-0.15, -0.1) is 0 Å². The van der Waals surface area contributed by atoms with Gasteiger partial charge in [-0.1, -0.05) is 105 Å². The highest BCUT2D eigenvalue weighted by Gasteiger charge is 2.44. The smallest absolute Gasteiger partial charge is 0.219 e. The van der Waals surface area contributed by atoms with E-state index >= 15 is 0 Å². The molecule has 1 amide bonds. The predicted octanol–water partition coefficient (Wildman–Crippen LogP) is 11.3. The van der Waals surface area contributed by atoms with Crippen LogP contribution in [-0.4, -0.2) is 78.6 Å². The van der Waals surface area contributed by atoms with Crippen LogP contribution >= 0.6 is 0 Å². The molecule has 3 N–H and O–H groups in total. The molecule has 2 unspecified atom stereocenters. The highest BCUT2D eigenvalue weighted by molar-refractivity contribution is 5.88. The van der Waals surface area contributed by atoms with Crippen molar-refractivity contribution in [1.29, 1.82) is 0 Å². The molecule has 2 atom stereocenters. The van der Waals surface area contributed by atoms with Gasteiger partial charge in [0, 0.05) is 57.5 Å². The van der Waals surface area contributed by atoms with Gasteiger partial charge >= 0.3 is 0 Å². The molecular formula is C58H72N2O6. The Hall–Kier alpha value is -4.96. The van der Waals surface area contributed by atoms with Crippen molar-refractivity contribution < 1.29 is 28.5 Å². The number of carbonyl (C=O) groups is 2. The number of ketones is 1. The number of methoxy groups -OCH3 is 2. The summed E-state index contributed by atoms with van der Waals surface area (Å²) in [6, 6.07) is 37.0. The lowest BCUT2D eigenvalue weighted by Gasteiger charge is -2.33.